The molecule has 1 radical (unpaired) electrons. The molecule has 11 heavy (non-hydrogen) atoms. The standard InChI is InChI=1S/C9H13N.Y/c1-9(2)5-8-10-6-3-4-7-10;/h3,8-9H,4,7H2,1-2H3;/q-2;. The molecule has 0 atom stereocenters. The van der Waals surface area contributed by atoms with E-state index in [4.69, 9.17) is 0 Å². The van der Waals surface area contributed by atoms with E-state index in [2.05, 4.69) is 32.2 Å². The summed E-state index contributed by atoms with van der Waals surface area (Å²) in [7, 11) is 0. The van der Waals surface area contributed by atoms with Crippen molar-refractivity contribution in [1.82, 2.24) is 4.90 Å². The van der Waals surface area contributed by atoms with E-state index in [-0.39, 0.29) is 32.7 Å². The van der Waals surface area contributed by atoms with Crippen molar-refractivity contribution in [3.63, 3.8) is 0 Å². The molecule has 0 bridgehead atoms. The van der Waals surface area contributed by atoms with Crippen LogP contribution in [0.3, 0.4) is 0 Å². The van der Waals surface area contributed by atoms with Crippen LogP contribution in [0.1, 0.15) is 20.3 Å². The van der Waals surface area contributed by atoms with Gasteiger partial charge in [-0.1, -0.05) is 13.8 Å². The topological polar surface area (TPSA) is 3.24 Å². The Hall–Kier alpha value is 0.384. The summed E-state index contributed by atoms with van der Waals surface area (Å²) < 4.78 is 0. The molecule has 0 spiro atoms. The fraction of sp³-hybridized carbons (Fsp3) is 0.556. The van der Waals surface area contributed by atoms with Crippen molar-refractivity contribution in [2.24, 2.45) is 5.92 Å². The number of rotatable bonds is 2. The molecule has 2 heteroatoms. The molecule has 1 heterocycles. The first-order valence-corrected chi connectivity index (χ1v) is 3.73. The number of hydrogen-bond donors (Lipinski definition) is 0. The van der Waals surface area contributed by atoms with Crippen LogP contribution in [0.15, 0.2) is 12.3 Å². The summed E-state index contributed by atoms with van der Waals surface area (Å²) in [4.78, 5) is 2.04. The monoisotopic (exact) mass is 224 g/mol. The SMILES string of the molecule is CC(C)[C-]=CN1[C-]=CCC1.[Y]. The zero-order valence-electron chi connectivity index (χ0n) is 7.17. The van der Waals surface area contributed by atoms with Gasteiger partial charge in [0.2, 0.25) is 0 Å². The van der Waals surface area contributed by atoms with Crippen LogP contribution in [-0.2, 0) is 32.7 Å². The second kappa shape index (κ2) is 5.96. The number of allylic oxidation sites excluding steroid dienone is 1. The Balaban J connectivity index is 0.000001000. The molecular formula is C9H13NY-2. The van der Waals surface area contributed by atoms with Crippen LogP contribution in [0.4, 0.5) is 0 Å². The Bertz CT molecular complexity index is 150. The summed E-state index contributed by atoms with van der Waals surface area (Å²) in [6.07, 6.45) is 11.5. The van der Waals surface area contributed by atoms with Crippen LogP contribution in [-0.4, -0.2) is 11.4 Å². The molecule has 0 aromatic heterocycles. The van der Waals surface area contributed by atoms with Crippen LogP contribution in [0, 0.1) is 18.2 Å². The van der Waals surface area contributed by atoms with Gasteiger partial charge in [-0.05, 0) is 13.0 Å². The van der Waals surface area contributed by atoms with E-state index in [1.807, 2.05) is 11.1 Å². The molecule has 0 N–H and O–H groups in total. The predicted octanol–water partition coefficient (Wildman–Crippen LogP) is 1.98. The van der Waals surface area contributed by atoms with Gasteiger partial charge in [0, 0.05) is 32.7 Å². The summed E-state index contributed by atoms with van der Waals surface area (Å²) in [5.41, 5.74) is 0. The Morgan fingerprint density at radius 2 is 2.36 bits per heavy atom. The van der Waals surface area contributed by atoms with Crippen molar-refractivity contribution in [2.75, 3.05) is 6.54 Å². The van der Waals surface area contributed by atoms with Crippen molar-refractivity contribution in [1.29, 1.82) is 0 Å². The van der Waals surface area contributed by atoms with Crippen LogP contribution >= 0.6 is 0 Å². The third kappa shape index (κ3) is 4.76. The molecular weight excluding hydrogens is 211 g/mol. The summed E-state index contributed by atoms with van der Waals surface area (Å²) in [5.74, 6) is 0.516. The molecule has 59 valence electrons. The fourth-order valence-corrected chi connectivity index (χ4v) is 0.791. The van der Waals surface area contributed by atoms with E-state index in [1.54, 1.807) is 0 Å². The maximum atomic E-state index is 3.21. The van der Waals surface area contributed by atoms with Crippen LogP contribution in [0.25, 0.3) is 0 Å². The van der Waals surface area contributed by atoms with Crippen molar-refractivity contribution in [2.45, 2.75) is 20.3 Å². The molecule has 0 saturated heterocycles. The van der Waals surface area contributed by atoms with Gasteiger partial charge in [-0.3, -0.25) is 0 Å². The Morgan fingerprint density at radius 3 is 2.82 bits per heavy atom. The van der Waals surface area contributed by atoms with Crippen molar-refractivity contribution >= 4 is 0 Å². The van der Waals surface area contributed by atoms with Gasteiger partial charge in [-0.15, -0.1) is 0 Å². The molecule has 0 aliphatic carbocycles. The first-order chi connectivity index (χ1) is 4.79. The number of nitrogens with zero attached hydrogens (tertiary/aromatic N) is 1. The maximum absolute atomic E-state index is 3.21. The van der Waals surface area contributed by atoms with Gasteiger partial charge in [0.25, 0.3) is 0 Å². The van der Waals surface area contributed by atoms with Gasteiger partial charge in [-0.2, -0.15) is 18.2 Å². The molecule has 0 saturated carbocycles. The Labute approximate surface area is 94.4 Å². The summed E-state index contributed by atoms with van der Waals surface area (Å²) in [5, 5.41) is 0. The van der Waals surface area contributed by atoms with Crippen molar-refractivity contribution < 1.29 is 32.7 Å². The predicted molar refractivity (Wildman–Crippen MR) is 41.8 cm³/mol. The van der Waals surface area contributed by atoms with E-state index < -0.39 is 0 Å². The van der Waals surface area contributed by atoms with Gasteiger partial charge < -0.3 is 17.2 Å². The van der Waals surface area contributed by atoms with E-state index in [9.17, 15) is 0 Å². The van der Waals surface area contributed by atoms with Gasteiger partial charge in [0.1, 0.15) is 0 Å². The Morgan fingerprint density at radius 1 is 1.64 bits per heavy atom. The van der Waals surface area contributed by atoms with Crippen LogP contribution in [0.5, 0.6) is 0 Å². The fourth-order valence-electron chi connectivity index (χ4n) is 0.791. The van der Waals surface area contributed by atoms with Crippen molar-refractivity contribution in [3.8, 4) is 0 Å². The summed E-state index contributed by atoms with van der Waals surface area (Å²) >= 11 is 0. The molecule has 0 amide bonds. The largest absolute Gasteiger partial charge is 0.583 e. The minimum Gasteiger partial charge on any atom is -0.583 e. The summed E-state index contributed by atoms with van der Waals surface area (Å²) in [6, 6.07) is 0. The second-order valence-corrected chi connectivity index (χ2v) is 2.77. The number of hydrogen-bond acceptors (Lipinski definition) is 1. The first-order valence-electron chi connectivity index (χ1n) is 3.73. The quantitative estimate of drug-likeness (QED) is 0.648. The molecule has 1 aliphatic heterocycles. The molecule has 0 aromatic carbocycles. The van der Waals surface area contributed by atoms with Crippen LogP contribution < -0.4 is 0 Å². The smallest absolute Gasteiger partial charge is 0 e. The van der Waals surface area contributed by atoms with E-state index in [0.29, 0.717) is 5.92 Å². The molecule has 1 aliphatic rings. The second-order valence-electron chi connectivity index (χ2n) is 2.77. The van der Waals surface area contributed by atoms with E-state index >= 15 is 0 Å². The van der Waals surface area contributed by atoms with Gasteiger partial charge in [0.15, 0.2) is 0 Å². The minimum absolute atomic E-state index is 0. The maximum Gasteiger partial charge on any atom is 0 e. The third-order valence-electron chi connectivity index (χ3n) is 1.34. The summed E-state index contributed by atoms with van der Waals surface area (Å²) in [6.45, 7) is 5.31. The minimum atomic E-state index is 0. The van der Waals surface area contributed by atoms with Crippen LogP contribution in [0.2, 0.25) is 0 Å². The average molecular weight is 224 g/mol. The molecule has 1 rings (SSSR count). The zero-order chi connectivity index (χ0) is 7.40. The zero-order valence-corrected chi connectivity index (χ0v) is 10.0. The molecule has 1 nitrogen and oxygen atoms in total. The average Bonchev–Trinajstić information content (AvgIpc) is 2.34. The molecule has 0 aromatic rings. The van der Waals surface area contributed by atoms with Gasteiger partial charge in [0.05, 0.1) is 0 Å². The first kappa shape index (κ1) is 11.4. The van der Waals surface area contributed by atoms with E-state index in [1.165, 1.54) is 0 Å². The molecule has 0 unspecified atom stereocenters. The molecule has 0 fully saturated rings. The van der Waals surface area contributed by atoms with E-state index in [0.717, 1.165) is 13.0 Å². The third-order valence-corrected chi connectivity index (χ3v) is 1.34. The normalized spacial score (nSPS) is 16.5. The Kier molecular flexibility index (Phi) is 6.17. The van der Waals surface area contributed by atoms with Gasteiger partial charge in [-0.25, -0.2) is 0 Å². The van der Waals surface area contributed by atoms with Crippen molar-refractivity contribution in [3.05, 3.63) is 24.6 Å². The van der Waals surface area contributed by atoms with Gasteiger partial charge >= 0.3 is 0 Å².